The lowest BCUT2D eigenvalue weighted by Crippen LogP contribution is -2.47. The lowest BCUT2D eigenvalue weighted by Gasteiger charge is -2.29. The number of amides is 1. The van der Waals surface area contributed by atoms with E-state index in [0.717, 1.165) is 36.2 Å². The minimum Gasteiger partial charge on any atom is -0.457 e. The smallest absolute Gasteiger partial charge is 0.410 e. The number of carbonyl (C=O) groups excluding carboxylic acids is 2. The molecule has 3 heterocycles. The zero-order valence-electron chi connectivity index (χ0n) is 12.4. The number of cyclic esters (lactones) is 1. The first-order chi connectivity index (χ1) is 10.6. The summed E-state index contributed by atoms with van der Waals surface area (Å²) in [6.45, 7) is 4.46. The van der Waals surface area contributed by atoms with Crippen LogP contribution in [0.3, 0.4) is 0 Å². The second-order valence-corrected chi connectivity index (χ2v) is 6.06. The fraction of sp³-hybridized carbons (Fsp3) is 0.500. The van der Waals surface area contributed by atoms with Gasteiger partial charge in [0.2, 0.25) is 0 Å². The first-order valence-corrected chi connectivity index (χ1v) is 7.61. The monoisotopic (exact) mass is 302 g/mol. The highest BCUT2D eigenvalue weighted by Gasteiger charge is 2.43. The standard InChI is InChI=1S/C16H18N2O4/c1-9-10(2-3-11-12(9)8-21-15(11)19)7-18-13-4-5-17-6-14(13)22-16(18)20/h2-3,13-14,17H,4-8H2,1H3. The van der Waals surface area contributed by atoms with Gasteiger partial charge in [0.25, 0.3) is 0 Å². The molecular weight excluding hydrogens is 284 g/mol. The summed E-state index contributed by atoms with van der Waals surface area (Å²) in [5, 5.41) is 3.25. The third-order valence-electron chi connectivity index (χ3n) is 4.90. The van der Waals surface area contributed by atoms with Crippen molar-refractivity contribution in [3.05, 3.63) is 34.4 Å². The van der Waals surface area contributed by atoms with Gasteiger partial charge in [0, 0.05) is 18.7 Å². The highest BCUT2D eigenvalue weighted by Crippen LogP contribution is 2.30. The average Bonchev–Trinajstić information content (AvgIpc) is 3.04. The molecule has 1 N–H and O–H groups in total. The van der Waals surface area contributed by atoms with Gasteiger partial charge in [0.05, 0.1) is 11.6 Å². The number of nitrogens with one attached hydrogen (secondary N) is 1. The van der Waals surface area contributed by atoms with Gasteiger partial charge < -0.3 is 14.8 Å². The zero-order valence-corrected chi connectivity index (χ0v) is 12.4. The molecule has 1 amide bonds. The van der Waals surface area contributed by atoms with E-state index in [9.17, 15) is 9.59 Å². The molecule has 2 saturated heterocycles. The Morgan fingerprint density at radius 3 is 3.09 bits per heavy atom. The van der Waals surface area contributed by atoms with Crippen LogP contribution >= 0.6 is 0 Å². The molecule has 6 nitrogen and oxygen atoms in total. The zero-order chi connectivity index (χ0) is 15.3. The fourth-order valence-corrected chi connectivity index (χ4v) is 3.56. The molecule has 1 aromatic rings. The Balaban J connectivity index is 1.61. The van der Waals surface area contributed by atoms with Crippen LogP contribution in [0.5, 0.6) is 0 Å². The van der Waals surface area contributed by atoms with Crippen molar-refractivity contribution in [1.82, 2.24) is 10.2 Å². The topological polar surface area (TPSA) is 67.9 Å². The molecule has 3 aliphatic rings. The number of benzene rings is 1. The molecule has 116 valence electrons. The highest BCUT2D eigenvalue weighted by molar-refractivity contribution is 5.93. The number of nitrogens with zero attached hydrogens (tertiary/aromatic N) is 1. The van der Waals surface area contributed by atoms with Gasteiger partial charge in [0.1, 0.15) is 12.7 Å². The normalized spacial score (nSPS) is 26.5. The summed E-state index contributed by atoms with van der Waals surface area (Å²) < 4.78 is 10.5. The van der Waals surface area contributed by atoms with Crippen LogP contribution in [0.4, 0.5) is 4.79 Å². The molecule has 22 heavy (non-hydrogen) atoms. The lowest BCUT2D eigenvalue weighted by atomic mass is 9.97. The number of hydrogen-bond donors (Lipinski definition) is 1. The van der Waals surface area contributed by atoms with Crippen molar-refractivity contribution < 1.29 is 19.1 Å². The molecule has 3 aliphatic heterocycles. The molecule has 0 spiro atoms. The summed E-state index contributed by atoms with van der Waals surface area (Å²) in [5.74, 6) is -0.261. The Bertz CT molecular complexity index is 658. The second kappa shape index (κ2) is 4.98. The summed E-state index contributed by atoms with van der Waals surface area (Å²) >= 11 is 0. The molecular formula is C16H18N2O4. The van der Waals surface area contributed by atoms with Crippen molar-refractivity contribution in [2.24, 2.45) is 0 Å². The Morgan fingerprint density at radius 2 is 2.23 bits per heavy atom. The minimum atomic E-state index is -0.261. The average molecular weight is 302 g/mol. The van der Waals surface area contributed by atoms with Gasteiger partial charge in [-0.05, 0) is 37.1 Å². The Hall–Kier alpha value is -2.08. The van der Waals surface area contributed by atoms with Gasteiger partial charge in [-0.2, -0.15) is 0 Å². The Labute approximate surface area is 128 Å². The number of piperidine rings is 1. The molecule has 0 radical (unpaired) electrons. The number of fused-ring (bicyclic) bond motifs is 2. The molecule has 0 saturated carbocycles. The molecule has 0 bridgehead atoms. The van der Waals surface area contributed by atoms with Crippen molar-refractivity contribution in [2.45, 2.75) is 38.6 Å². The third-order valence-corrected chi connectivity index (χ3v) is 4.90. The van der Waals surface area contributed by atoms with E-state index in [2.05, 4.69) is 5.32 Å². The van der Waals surface area contributed by atoms with E-state index >= 15 is 0 Å². The number of rotatable bonds is 2. The van der Waals surface area contributed by atoms with Crippen LogP contribution in [0.2, 0.25) is 0 Å². The van der Waals surface area contributed by atoms with E-state index in [-0.39, 0.29) is 24.2 Å². The van der Waals surface area contributed by atoms with Crippen LogP contribution in [0.25, 0.3) is 0 Å². The molecule has 6 heteroatoms. The SMILES string of the molecule is Cc1c(CN2C(=O)OC3CNCCC32)ccc2c1COC2=O. The fourth-order valence-electron chi connectivity index (χ4n) is 3.56. The van der Waals surface area contributed by atoms with Gasteiger partial charge in [0.15, 0.2) is 0 Å². The van der Waals surface area contributed by atoms with Gasteiger partial charge in [-0.3, -0.25) is 4.90 Å². The molecule has 2 atom stereocenters. The van der Waals surface area contributed by atoms with Crippen molar-refractivity contribution in [3.63, 3.8) is 0 Å². The highest BCUT2D eigenvalue weighted by atomic mass is 16.6. The predicted molar refractivity (Wildman–Crippen MR) is 77.4 cm³/mol. The largest absolute Gasteiger partial charge is 0.457 e. The lowest BCUT2D eigenvalue weighted by molar-refractivity contribution is 0.0535. The van der Waals surface area contributed by atoms with E-state index in [4.69, 9.17) is 9.47 Å². The number of ether oxygens (including phenoxy) is 2. The van der Waals surface area contributed by atoms with E-state index in [0.29, 0.717) is 18.7 Å². The molecule has 4 rings (SSSR count). The molecule has 2 fully saturated rings. The van der Waals surface area contributed by atoms with Crippen molar-refractivity contribution >= 4 is 12.1 Å². The summed E-state index contributed by atoms with van der Waals surface area (Å²) in [5.41, 5.74) is 3.67. The first-order valence-electron chi connectivity index (χ1n) is 7.61. The van der Waals surface area contributed by atoms with Gasteiger partial charge in [-0.1, -0.05) is 6.07 Å². The van der Waals surface area contributed by atoms with E-state index in [1.165, 1.54) is 0 Å². The quantitative estimate of drug-likeness (QED) is 0.835. The number of carbonyl (C=O) groups is 2. The van der Waals surface area contributed by atoms with Crippen LogP contribution < -0.4 is 5.32 Å². The van der Waals surface area contributed by atoms with Crippen LogP contribution in [0, 0.1) is 6.92 Å². The Morgan fingerprint density at radius 1 is 1.36 bits per heavy atom. The van der Waals surface area contributed by atoms with Crippen molar-refractivity contribution in [2.75, 3.05) is 13.1 Å². The van der Waals surface area contributed by atoms with Gasteiger partial charge in [-0.25, -0.2) is 9.59 Å². The van der Waals surface area contributed by atoms with Gasteiger partial charge in [-0.15, -0.1) is 0 Å². The summed E-state index contributed by atoms with van der Waals surface area (Å²) in [6, 6.07) is 3.86. The summed E-state index contributed by atoms with van der Waals surface area (Å²) in [4.78, 5) is 25.6. The first kappa shape index (κ1) is 13.6. The predicted octanol–water partition coefficient (Wildman–Crippen LogP) is 1.35. The van der Waals surface area contributed by atoms with Crippen molar-refractivity contribution in [3.8, 4) is 0 Å². The van der Waals surface area contributed by atoms with E-state index < -0.39 is 0 Å². The maximum atomic E-state index is 12.1. The molecule has 1 aromatic carbocycles. The summed E-state index contributed by atoms with van der Waals surface area (Å²) in [6.07, 6.45) is 0.606. The molecule has 0 aromatic heterocycles. The van der Waals surface area contributed by atoms with Gasteiger partial charge >= 0.3 is 12.1 Å². The Kier molecular flexibility index (Phi) is 3.07. The molecule has 0 aliphatic carbocycles. The second-order valence-electron chi connectivity index (χ2n) is 6.06. The van der Waals surface area contributed by atoms with Crippen LogP contribution in [0.1, 0.15) is 33.5 Å². The minimum absolute atomic E-state index is 0.0547. The van der Waals surface area contributed by atoms with Crippen LogP contribution in [0.15, 0.2) is 12.1 Å². The van der Waals surface area contributed by atoms with Crippen LogP contribution in [-0.2, 0) is 22.6 Å². The number of hydrogen-bond acceptors (Lipinski definition) is 5. The van der Waals surface area contributed by atoms with Crippen molar-refractivity contribution in [1.29, 1.82) is 0 Å². The van der Waals surface area contributed by atoms with Crippen LogP contribution in [-0.4, -0.2) is 42.2 Å². The molecule has 2 unspecified atom stereocenters. The maximum Gasteiger partial charge on any atom is 0.410 e. The van der Waals surface area contributed by atoms with E-state index in [1.807, 2.05) is 17.9 Å². The van der Waals surface area contributed by atoms with E-state index in [1.54, 1.807) is 6.07 Å². The third kappa shape index (κ3) is 1.98. The summed E-state index contributed by atoms with van der Waals surface area (Å²) in [7, 11) is 0. The maximum absolute atomic E-state index is 12.1. The number of esters is 1.